The van der Waals surface area contributed by atoms with E-state index in [-0.39, 0.29) is 47.8 Å². The van der Waals surface area contributed by atoms with Gasteiger partial charge >= 0.3 is 11.9 Å². The lowest BCUT2D eigenvalue weighted by molar-refractivity contribution is -0.287. The number of carbonyl (C=O) groups excluding carboxylic acids is 2. The average Bonchev–Trinajstić information content (AvgIpc) is 3.42. The van der Waals surface area contributed by atoms with Crippen molar-refractivity contribution in [2.24, 2.45) is 34.5 Å². The predicted octanol–water partition coefficient (Wildman–Crippen LogP) is 2.72. The Morgan fingerprint density at radius 1 is 0.978 bits per heavy atom. The van der Waals surface area contributed by atoms with Gasteiger partial charge in [-0.1, -0.05) is 6.92 Å². The van der Waals surface area contributed by atoms with E-state index in [0.717, 1.165) is 25.9 Å². The smallest absolute Gasteiger partial charge is 0.338 e. The van der Waals surface area contributed by atoms with Crippen LogP contribution < -0.4 is 4.74 Å². The Labute approximate surface area is 271 Å². The number of benzene rings is 1. The third kappa shape index (κ3) is 3.87. The summed E-state index contributed by atoms with van der Waals surface area (Å²) < 4.78 is 43.6. The number of aliphatic hydroxyl groups is 1. The zero-order chi connectivity index (χ0) is 32.8. The molecule has 6 aliphatic rings. The second kappa shape index (κ2) is 11.1. The molecular formula is C35H49NO10. The Bertz CT molecular complexity index is 1360. The van der Waals surface area contributed by atoms with Gasteiger partial charge in [-0.3, -0.25) is 9.69 Å². The van der Waals surface area contributed by atoms with E-state index in [2.05, 4.69) is 11.8 Å². The Kier molecular flexibility index (Phi) is 7.81. The maximum atomic E-state index is 13.9. The summed E-state index contributed by atoms with van der Waals surface area (Å²) in [6, 6.07) is 6.66. The van der Waals surface area contributed by atoms with Crippen molar-refractivity contribution in [1.82, 2.24) is 4.90 Å². The second-order valence-corrected chi connectivity index (χ2v) is 14.6. The van der Waals surface area contributed by atoms with Crippen LogP contribution in [0.1, 0.15) is 49.9 Å². The van der Waals surface area contributed by atoms with E-state index in [1.165, 1.54) is 6.92 Å². The number of piperidine rings is 1. The van der Waals surface area contributed by atoms with E-state index >= 15 is 0 Å². The molecule has 1 spiro atoms. The summed E-state index contributed by atoms with van der Waals surface area (Å²) in [6.45, 7) is 5.80. The van der Waals surface area contributed by atoms with Crippen molar-refractivity contribution in [2.45, 2.75) is 81.2 Å². The highest BCUT2D eigenvalue weighted by molar-refractivity contribution is 5.89. The van der Waals surface area contributed by atoms with Crippen LogP contribution in [0.4, 0.5) is 0 Å². The average molecular weight is 644 g/mol. The molecular weight excluding hydrogens is 594 g/mol. The zero-order valence-electron chi connectivity index (χ0n) is 28.0. The van der Waals surface area contributed by atoms with Gasteiger partial charge in [0, 0.05) is 83.0 Å². The van der Waals surface area contributed by atoms with Crippen LogP contribution in [0.15, 0.2) is 24.3 Å². The summed E-state index contributed by atoms with van der Waals surface area (Å²) >= 11 is 0. The third-order valence-corrected chi connectivity index (χ3v) is 13.3. The number of hydrogen-bond donors (Lipinski definition) is 1. The molecule has 0 amide bonds. The highest BCUT2D eigenvalue weighted by Gasteiger charge is 2.89. The molecule has 1 saturated heterocycles. The minimum absolute atomic E-state index is 0.00534. The van der Waals surface area contributed by atoms with Crippen LogP contribution in [0.25, 0.3) is 0 Å². The molecule has 5 saturated carbocycles. The fraction of sp³-hybridized carbons (Fsp3) is 0.771. The van der Waals surface area contributed by atoms with E-state index in [0.29, 0.717) is 24.3 Å². The Morgan fingerprint density at radius 2 is 1.70 bits per heavy atom. The number of nitrogens with zero attached hydrogens (tertiary/aromatic N) is 1. The first-order valence-electron chi connectivity index (χ1n) is 16.6. The summed E-state index contributed by atoms with van der Waals surface area (Å²) in [5.74, 6) is -1.38. The van der Waals surface area contributed by atoms with E-state index < -0.39 is 46.7 Å². The van der Waals surface area contributed by atoms with Gasteiger partial charge in [-0.2, -0.15) is 0 Å². The summed E-state index contributed by atoms with van der Waals surface area (Å²) in [7, 11) is 8.44. The number of fused-ring (bicyclic) bond motifs is 2. The summed E-state index contributed by atoms with van der Waals surface area (Å²) in [4.78, 5) is 29.7. The molecule has 1 aromatic rings. The monoisotopic (exact) mass is 643 g/mol. The van der Waals surface area contributed by atoms with Crippen LogP contribution in [0.5, 0.6) is 5.75 Å². The summed E-state index contributed by atoms with van der Waals surface area (Å²) in [5.41, 5.74) is -3.03. The number of carbonyl (C=O) groups is 2. The lowest BCUT2D eigenvalue weighted by Gasteiger charge is -2.69. The van der Waals surface area contributed by atoms with Crippen molar-refractivity contribution in [1.29, 1.82) is 0 Å². The number of rotatable bonds is 10. The molecule has 0 radical (unpaired) electrons. The van der Waals surface area contributed by atoms with Crippen LogP contribution in [0.3, 0.4) is 0 Å². The molecule has 11 heteroatoms. The predicted molar refractivity (Wildman–Crippen MR) is 164 cm³/mol. The Balaban J connectivity index is 1.46. The van der Waals surface area contributed by atoms with Gasteiger partial charge in [0.05, 0.1) is 37.6 Å². The topological polar surface area (TPSA) is 122 Å². The van der Waals surface area contributed by atoms with E-state index in [9.17, 15) is 14.7 Å². The molecule has 46 heavy (non-hydrogen) atoms. The van der Waals surface area contributed by atoms with E-state index in [1.807, 2.05) is 0 Å². The van der Waals surface area contributed by atoms with Crippen LogP contribution in [-0.2, 0) is 33.2 Å². The zero-order valence-corrected chi connectivity index (χ0v) is 28.0. The van der Waals surface area contributed by atoms with E-state index in [4.69, 9.17) is 33.2 Å². The molecule has 13 atom stereocenters. The molecule has 1 heterocycles. The van der Waals surface area contributed by atoms with Gasteiger partial charge in [0.1, 0.15) is 23.1 Å². The molecule has 1 aliphatic heterocycles. The quantitative estimate of drug-likeness (QED) is 0.379. The third-order valence-electron chi connectivity index (χ3n) is 13.3. The SMILES string of the molecule is CCN1C[C@]2(COC)CC[C@H](OC)[C@@]34[C@@H]5C[C@]6(O)[C@@H](OC)C[C@](OC(C)=O)([C@H]([C@H](OC)[C@@H]23)[C@@H]14)[C@H]5[C@H]6OC(=O)c1ccc(OC)cc1. The highest BCUT2D eigenvalue weighted by atomic mass is 16.6. The lowest BCUT2D eigenvalue weighted by atomic mass is 9.43. The molecule has 1 N–H and O–H groups in total. The van der Waals surface area contributed by atoms with Crippen LogP contribution in [0.2, 0.25) is 0 Å². The normalized spacial score (nSPS) is 46.6. The van der Waals surface area contributed by atoms with Crippen molar-refractivity contribution in [2.75, 3.05) is 55.2 Å². The minimum Gasteiger partial charge on any atom is -0.497 e. The number of hydrogen-bond acceptors (Lipinski definition) is 11. The van der Waals surface area contributed by atoms with Crippen molar-refractivity contribution in [3.05, 3.63) is 29.8 Å². The minimum atomic E-state index is -1.51. The molecule has 1 aromatic carbocycles. The van der Waals surface area contributed by atoms with Crippen LogP contribution in [0, 0.1) is 34.5 Å². The standard InChI is InChI=1S/C35H49NO10/c1-8-36-17-32(18-40-3)14-13-23(42-5)35-22-15-33(39)24(43-6)16-34(46-19(2)37,26(29(35)36)27(44-7)28(32)35)25(22)30(33)45-31(38)20-9-11-21(41-4)12-10-20/h9-12,22-30,39H,8,13-18H2,1-7H3/t22-,23+,24+,25-,26-,27+,28+,29-,30-,32+,33+,34-,35+/m1/s1. The number of likely N-dealkylation sites (tertiary alicyclic amines) is 1. The number of esters is 2. The van der Waals surface area contributed by atoms with E-state index in [1.54, 1.807) is 59.8 Å². The Hall–Kier alpha value is -2.28. The second-order valence-electron chi connectivity index (χ2n) is 14.6. The van der Waals surface area contributed by atoms with Gasteiger partial charge in [-0.05, 0) is 56.0 Å². The van der Waals surface area contributed by atoms with Gasteiger partial charge < -0.3 is 38.3 Å². The van der Waals surface area contributed by atoms with Crippen LogP contribution >= 0.6 is 0 Å². The maximum absolute atomic E-state index is 13.9. The summed E-state index contributed by atoms with van der Waals surface area (Å²) in [6.07, 6.45) is 0.142. The highest BCUT2D eigenvalue weighted by Crippen LogP contribution is 2.80. The van der Waals surface area contributed by atoms with Crippen LogP contribution in [-0.4, -0.2) is 119 Å². The maximum Gasteiger partial charge on any atom is 0.338 e. The van der Waals surface area contributed by atoms with Crippen molar-refractivity contribution < 1.29 is 47.9 Å². The molecule has 11 nitrogen and oxygen atoms in total. The van der Waals surface area contributed by atoms with Gasteiger partial charge in [0.25, 0.3) is 0 Å². The molecule has 6 fully saturated rings. The largest absolute Gasteiger partial charge is 0.497 e. The first kappa shape index (κ1) is 32.3. The van der Waals surface area contributed by atoms with Crippen molar-refractivity contribution in [3.63, 3.8) is 0 Å². The molecule has 0 unspecified atom stereocenters. The molecule has 7 bridgehead atoms. The first-order valence-corrected chi connectivity index (χ1v) is 16.6. The lowest BCUT2D eigenvalue weighted by Crippen LogP contribution is -2.77. The Morgan fingerprint density at radius 3 is 2.28 bits per heavy atom. The fourth-order valence-corrected chi connectivity index (χ4v) is 12.4. The van der Waals surface area contributed by atoms with Crippen molar-refractivity contribution in [3.8, 4) is 5.75 Å². The fourth-order valence-electron chi connectivity index (χ4n) is 12.4. The molecule has 0 aromatic heterocycles. The molecule has 5 aliphatic carbocycles. The number of methoxy groups -OCH3 is 5. The molecule has 254 valence electrons. The number of ether oxygens (including phenoxy) is 7. The molecule has 7 rings (SSSR count). The van der Waals surface area contributed by atoms with Gasteiger partial charge in [-0.15, -0.1) is 0 Å². The van der Waals surface area contributed by atoms with Gasteiger partial charge in [0.15, 0.2) is 0 Å². The van der Waals surface area contributed by atoms with Gasteiger partial charge in [0.2, 0.25) is 0 Å². The van der Waals surface area contributed by atoms with Crippen molar-refractivity contribution >= 4 is 11.9 Å². The summed E-state index contributed by atoms with van der Waals surface area (Å²) in [5, 5.41) is 12.8. The van der Waals surface area contributed by atoms with Gasteiger partial charge in [-0.25, -0.2) is 4.79 Å². The first-order chi connectivity index (χ1) is 22.1.